The second-order valence-electron chi connectivity index (χ2n) is 11.1. The number of nitrogens with two attached hydrogens (primary N) is 1. The van der Waals surface area contributed by atoms with Gasteiger partial charge in [-0.2, -0.15) is 0 Å². The largest absolute Gasteiger partial charge is 0.508 e. The van der Waals surface area contributed by atoms with E-state index in [1.165, 1.54) is 6.42 Å². The van der Waals surface area contributed by atoms with Gasteiger partial charge in [0.1, 0.15) is 5.75 Å². The van der Waals surface area contributed by atoms with Crippen LogP contribution in [0.2, 0.25) is 0 Å². The molecule has 0 radical (unpaired) electrons. The zero-order chi connectivity index (χ0) is 22.6. The van der Waals surface area contributed by atoms with Crippen molar-refractivity contribution in [3.05, 3.63) is 29.8 Å². The molecule has 5 rings (SSSR count). The van der Waals surface area contributed by atoms with E-state index in [1.54, 1.807) is 24.3 Å². The Bertz CT molecular complexity index is 814. The standard InChI is InChI=1S/C24H37BN2O4/c1-14(2)10-21(27-22(29)18(26)11-15-6-8-17(28)9-7-15)25-30-20-13-16-12-19(23(16,3)4)24(20,5)31-25/h6-9,14,16,18-21,28H,10-13,26H2,1-5H3,(H,27,29)/t16-,18-,19-,20?,21-,24-/m0/s1. The number of phenols is 1. The fourth-order valence-corrected chi connectivity index (χ4v) is 6.09. The number of benzene rings is 1. The molecule has 1 aliphatic heterocycles. The molecule has 0 aromatic heterocycles. The lowest BCUT2D eigenvalue weighted by Gasteiger charge is -2.64. The van der Waals surface area contributed by atoms with Gasteiger partial charge in [-0.15, -0.1) is 0 Å². The van der Waals surface area contributed by atoms with Gasteiger partial charge < -0.3 is 25.5 Å². The average Bonchev–Trinajstić information content (AvgIpc) is 3.05. The van der Waals surface area contributed by atoms with E-state index in [9.17, 15) is 9.90 Å². The number of hydrogen-bond donors (Lipinski definition) is 3. The Balaban J connectivity index is 1.43. The predicted molar refractivity (Wildman–Crippen MR) is 121 cm³/mol. The van der Waals surface area contributed by atoms with E-state index in [-0.39, 0.29) is 34.7 Å². The Kier molecular flexibility index (Phi) is 5.90. The van der Waals surface area contributed by atoms with Gasteiger partial charge in [-0.1, -0.05) is 39.8 Å². The molecule has 1 amide bonds. The molecule has 4 aliphatic rings. The minimum absolute atomic E-state index is 0.0894. The zero-order valence-corrected chi connectivity index (χ0v) is 19.4. The maximum absolute atomic E-state index is 12.9. The maximum Gasteiger partial charge on any atom is 0.481 e. The summed E-state index contributed by atoms with van der Waals surface area (Å²) < 4.78 is 13.0. The highest BCUT2D eigenvalue weighted by Gasteiger charge is 2.68. The molecular weight excluding hydrogens is 391 g/mol. The SMILES string of the molecule is CC(C)C[C@H](NC(=O)[C@@H](N)Cc1ccc(O)cc1)B1OC2C[C@@H]3C[C@@H](C3(C)C)[C@]2(C)O1. The van der Waals surface area contributed by atoms with Gasteiger partial charge in [0, 0.05) is 0 Å². The fourth-order valence-electron chi connectivity index (χ4n) is 6.09. The Labute approximate surface area is 186 Å². The average molecular weight is 428 g/mol. The minimum atomic E-state index is -0.676. The number of carbonyl (C=O) groups is 1. The van der Waals surface area contributed by atoms with E-state index in [1.807, 2.05) is 0 Å². The summed E-state index contributed by atoms with van der Waals surface area (Å²) >= 11 is 0. The molecule has 31 heavy (non-hydrogen) atoms. The first kappa shape index (κ1) is 22.6. The van der Waals surface area contributed by atoms with Gasteiger partial charge in [0.2, 0.25) is 5.91 Å². The molecule has 1 unspecified atom stereocenters. The zero-order valence-electron chi connectivity index (χ0n) is 19.4. The number of amides is 1. The lowest BCUT2D eigenvalue weighted by Crippen LogP contribution is -2.65. The van der Waals surface area contributed by atoms with Crippen LogP contribution in [0.15, 0.2) is 24.3 Å². The lowest BCUT2D eigenvalue weighted by atomic mass is 9.43. The molecular formula is C24H37BN2O4. The highest BCUT2D eigenvalue weighted by atomic mass is 16.7. The topological polar surface area (TPSA) is 93.8 Å². The Hall–Kier alpha value is -1.57. The van der Waals surface area contributed by atoms with Crippen molar-refractivity contribution < 1.29 is 19.2 Å². The van der Waals surface area contributed by atoms with E-state index in [0.717, 1.165) is 18.4 Å². The molecule has 4 N–H and O–H groups in total. The van der Waals surface area contributed by atoms with Crippen LogP contribution in [-0.2, 0) is 20.5 Å². The van der Waals surface area contributed by atoms with Crippen molar-refractivity contribution in [3.63, 3.8) is 0 Å². The second-order valence-corrected chi connectivity index (χ2v) is 11.1. The Morgan fingerprint density at radius 2 is 1.94 bits per heavy atom. The lowest BCUT2D eigenvalue weighted by molar-refractivity contribution is -0.199. The van der Waals surface area contributed by atoms with Crippen molar-refractivity contribution in [1.29, 1.82) is 0 Å². The van der Waals surface area contributed by atoms with Crippen molar-refractivity contribution in [2.45, 2.75) is 84.0 Å². The van der Waals surface area contributed by atoms with E-state index in [0.29, 0.717) is 24.2 Å². The fraction of sp³-hybridized carbons (Fsp3) is 0.708. The highest BCUT2D eigenvalue weighted by Crippen LogP contribution is 2.65. The summed E-state index contributed by atoms with van der Waals surface area (Å²) in [6.07, 6.45) is 3.49. The molecule has 1 heterocycles. The van der Waals surface area contributed by atoms with Crippen molar-refractivity contribution in [3.8, 4) is 5.75 Å². The number of carbonyl (C=O) groups excluding carboxylic acids is 1. The van der Waals surface area contributed by atoms with Gasteiger partial charge in [-0.25, -0.2) is 0 Å². The predicted octanol–water partition coefficient (Wildman–Crippen LogP) is 3.06. The van der Waals surface area contributed by atoms with Gasteiger partial charge in [0.05, 0.1) is 23.7 Å². The molecule has 1 aromatic rings. The van der Waals surface area contributed by atoms with Crippen LogP contribution in [0.3, 0.4) is 0 Å². The van der Waals surface area contributed by atoms with Crippen LogP contribution in [0.1, 0.15) is 59.4 Å². The van der Waals surface area contributed by atoms with Crippen LogP contribution < -0.4 is 11.1 Å². The number of phenolic OH excluding ortho intramolecular Hbond substituents is 1. The molecule has 2 bridgehead atoms. The normalized spacial score (nSPS) is 32.9. The van der Waals surface area contributed by atoms with Gasteiger partial charge >= 0.3 is 7.12 Å². The van der Waals surface area contributed by atoms with Crippen LogP contribution in [0.5, 0.6) is 5.75 Å². The third-order valence-corrected chi connectivity index (χ3v) is 8.08. The van der Waals surface area contributed by atoms with Crippen LogP contribution >= 0.6 is 0 Å². The van der Waals surface area contributed by atoms with Crippen molar-refractivity contribution in [2.75, 3.05) is 0 Å². The van der Waals surface area contributed by atoms with Gasteiger partial charge in [0.25, 0.3) is 0 Å². The summed E-state index contributed by atoms with van der Waals surface area (Å²) in [7, 11) is -0.447. The molecule has 1 saturated heterocycles. The summed E-state index contributed by atoms with van der Waals surface area (Å²) in [5.74, 6) is 1.32. The smallest absolute Gasteiger partial charge is 0.481 e. The van der Waals surface area contributed by atoms with Crippen LogP contribution in [-0.4, -0.2) is 41.8 Å². The maximum atomic E-state index is 12.9. The van der Waals surface area contributed by atoms with Gasteiger partial charge in [-0.3, -0.25) is 4.79 Å². The molecule has 6 atom stereocenters. The monoisotopic (exact) mass is 428 g/mol. The first-order valence-corrected chi connectivity index (χ1v) is 11.7. The summed E-state index contributed by atoms with van der Waals surface area (Å²) in [5, 5.41) is 12.6. The Morgan fingerprint density at radius 3 is 2.55 bits per heavy atom. The van der Waals surface area contributed by atoms with E-state index < -0.39 is 13.2 Å². The third kappa shape index (κ3) is 4.12. The quantitative estimate of drug-likeness (QED) is 0.581. The van der Waals surface area contributed by atoms with E-state index >= 15 is 0 Å². The summed E-state index contributed by atoms with van der Waals surface area (Å²) in [6, 6.07) is 6.12. The first-order chi connectivity index (χ1) is 14.5. The molecule has 0 spiro atoms. The number of hydrogen-bond acceptors (Lipinski definition) is 5. The second kappa shape index (κ2) is 8.09. The molecule has 4 fully saturated rings. The van der Waals surface area contributed by atoms with Gasteiger partial charge in [0.15, 0.2) is 0 Å². The van der Waals surface area contributed by atoms with Crippen LogP contribution in [0.4, 0.5) is 0 Å². The first-order valence-electron chi connectivity index (χ1n) is 11.7. The molecule has 7 heteroatoms. The van der Waals surface area contributed by atoms with Gasteiger partial charge in [-0.05, 0) is 73.5 Å². The highest BCUT2D eigenvalue weighted by molar-refractivity contribution is 6.47. The van der Waals surface area contributed by atoms with E-state index in [2.05, 4.69) is 39.9 Å². The van der Waals surface area contributed by atoms with Crippen molar-refractivity contribution in [1.82, 2.24) is 5.32 Å². The van der Waals surface area contributed by atoms with E-state index in [4.69, 9.17) is 15.0 Å². The number of rotatable bonds is 7. The summed E-state index contributed by atoms with van der Waals surface area (Å²) in [4.78, 5) is 12.9. The summed E-state index contributed by atoms with van der Waals surface area (Å²) in [6.45, 7) is 11.2. The number of aromatic hydroxyl groups is 1. The van der Waals surface area contributed by atoms with Crippen molar-refractivity contribution in [2.24, 2.45) is 28.9 Å². The minimum Gasteiger partial charge on any atom is -0.508 e. The molecule has 1 aromatic carbocycles. The molecule has 3 saturated carbocycles. The molecule has 3 aliphatic carbocycles. The van der Waals surface area contributed by atoms with Crippen LogP contribution in [0, 0.1) is 23.2 Å². The molecule has 170 valence electrons. The summed E-state index contributed by atoms with van der Waals surface area (Å²) in [5.41, 5.74) is 7.12. The third-order valence-electron chi connectivity index (χ3n) is 8.08. The van der Waals surface area contributed by atoms with Crippen molar-refractivity contribution >= 4 is 13.0 Å². The number of nitrogens with one attached hydrogen (secondary N) is 1. The van der Waals surface area contributed by atoms with Crippen LogP contribution in [0.25, 0.3) is 0 Å². The Morgan fingerprint density at radius 1 is 1.26 bits per heavy atom. The molecule has 6 nitrogen and oxygen atoms in total.